The molecule has 0 spiro atoms. The summed E-state index contributed by atoms with van der Waals surface area (Å²) in [6.07, 6.45) is 3.27. The van der Waals surface area contributed by atoms with Crippen LogP contribution < -0.4 is 5.73 Å². The quantitative estimate of drug-likeness (QED) is 0.612. The van der Waals surface area contributed by atoms with E-state index in [1.807, 2.05) is 72.8 Å². The van der Waals surface area contributed by atoms with Crippen LogP contribution in [0.4, 0.5) is 0 Å². The molecule has 0 unspecified atom stereocenters. The molecule has 0 heterocycles. The number of primary amides is 1. The van der Waals surface area contributed by atoms with Crippen molar-refractivity contribution in [2.24, 2.45) is 5.73 Å². The Morgan fingerprint density at radius 1 is 0.808 bits per heavy atom. The third kappa shape index (κ3) is 3.28. The van der Waals surface area contributed by atoms with Crippen LogP contribution in [0.2, 0.25) is 0 Å². The fraction of sp³-hybridized carbons (Fsp3) is 0.208. The monoisotopic (exact) mass is 343 g/mol. The number of hydrogen-bond donors (Lipinski definition) is 1. The summed E-state index contributed by atoms with van der Waals surface area (Å²) in [6.45, 7) is 2.19. The summed E-state index contributed by atoms with van der Waals surface area (Å²) in [5.41, 5.74) is 9.04. The van der Waals surface area contributed by atoms with E-state index in [2.05, 4.69) is 19.1 Å². The molecule has 2 nitrogen and oxygen atoms in total. The maximum absolute atomic E-state index is 13.0. The number of unbranched alkanes of at least 4 members (excludes halogenated alkanes) is 1. The van der Waals surface area contributed by atoms with E-state index < -0.39 is 5.41 Å². The van der Waals surface area contributed by atoms with E-state index in [9.17, 15) is 4.79 Å². The summed E-state index contributed by atoms with van der Waals surface area (Å²) in [6, 6.07) is 28.0. The Balaban J connectivity index is 2.26. The number of carbonyl (C=O) groups is 1. The molecule has 0 bridgehead atoms. The van der Waals surface area contributed by atoms with Crippen molar-refractivity contribution in [1.29, 1.82) is 0 Å². The first-order chi connectivity index (χ1) is 12.7. The topological polar surface area (TPSA) is 43.1 Å². The van der Waals surface area contributed by atoms with E-state index in [1.54, 1.807) is 0 Å². The Morgan fingerprint density at radius 3 is 1.85 bits per heavy atom. The second-order valence-electron chi connectivity index (χ2n) is 6.65. The van der Waals surface area contributed by atoms with Gasteiger partial charge in [-0.2, -0.15) is 0 Å². The van der Waals surface area contributed by atoms with Crippen molar-refractivity contribution >= 4 is 5.91 Å². The molecule has 0 radical (unpaired) electrons. The average molecular weight is 343 g/mol. The summed E-state index contributed by atoms with van der Waals surface area (Å²) in [5.74, 6) is -0.359. The van der Waals surface area contributed by atoms with E-state index >= 15 is 0 Å². The maximum Gasteiger partial charge on any atom is 0.237 e. The van der Waals surface area contributed by atoms with E-state index in [0.29, 0.717) is 0 Å². The third-order valence-corrected chi connectivity index (χ3v) is 4.96. The highest BCUT2D eigenvalue weighted by Gasteiger charge is 2.42. The molecule has 0 saturated carbocycles. The van der Waals surface area contributed by atoms with Crippen molar-refractivity contribution in [3.8, 4) is 0 Å². The van der Waals surface area contributed by atoms with Crippen LogP contribution in [-0.2, 0) is 16.6 Å². The number of amides is 1. The molecule has 0 fully saturated rings. The Labute approximate surface area is 155 Å². The van der Waals surface area contributed by atoms with Gasteiger partial charge < -0.3 is 5.73 Å². The first-order valence-corrected chi connectivity index (χ1v) is 9.20. The SMILES string of the molecule is CCCCc1cccc(C(C(N)=O)(c2ccccc2)c2ccccc2)c1. The fourth-order valence-electron chi connectivity index (χ4n) is 3.64. The van der Waals surface area contributed by atoms with E-state index in [1.165, 1.54) is 5.56 Å². The minimum Gasteiger partial charge on any atom is -0.368 e. The van der Waals surface area contributed by atoms with Crippen LogP contribution in [0, 0.1) is 0 Å². The number of carbonyl (C=O) groups excluding carboxylic acids is 1. The van der Waals surface area contributed by atoms with E-state index in [-0.39, 0.29) is 5.91 Å². The molecule has 2 N–H and O–H groups in total. The molecular formula is C24H25NO. The van der Waals surface area contributed by atoms with E-state index in [4.69, 9.17) is 5.73 Å². The largest absolute Gasteiger partial charge is 0.368 e. The van der Waals surface area contributed by atoms with Gasteiger partial charge in [-0.3, -0.25) is 4.79 Å². The van der Waals surface area contributed by atoms with Gasteiger partial charge in [-0.05, 0) is 35.1 Å². The van der Waals surface area contributed by atoms with Crippen LogP contribution in [0.5, 0.6) is 0 Å². The van der Waals surface area contributed by atoms with Gasteiger partial charge in [-0.1, -0.05) is 98.3 Å². The van der Waals surface area contributed by atoms with Crippen LogP contribution in [-0.4, -0.2) is 5.91 Å². The highest BCUT2D eigenvalue weighted by atomic mass is 16.1. The first-order valence-electron chi connectivity index (χ1n) is 9.20. The molecule has 2 heteroatoms. The lowest BCUT2D eigenvalue weighted by Crippen LogP contribution is -2.43. The average Bonchev–Trinajstić information content (AvgIpc) is 2.69. The van der Waals surface area contributed by atoms with Crippen LogP contribution in [0.1, 0.15) is 42.0 Å². The molecule has 0 atom stereocenters. The van der Waals surface area contributed by atoms with Crippen LogP contribution in [0.15, 0.2) is 84.9 Å². The number of aryl methyl sites for hydroxylation is 1. The molecule has 0 aliphatic carbocycles. The molecule has 3 rings (SSSR count). The summed E-state index contributed by atoms with van der Waals surface area (Å²) in [4.78, 5) is 13.0. The van der Waals surface area contributed by atoms with Crippen molar-refractivity contribution < 1.29 is 4.79 Å². The van der Waals surface area contributed by atoms with Gasteiger partial charge in [0.15, 0.2) is 0 Å². The summed E-state index contributed by atoms with van der Waals surface area (Å²) < 4.78 is 0. The Kier molecular flexibility index (Phi) is 5.52. The summed E-state index contributed by atoms with van der Waals surface area (Å²) in [5, 5.41) is 0. The highest BCUT2D eigenvalue weighted by molar-refractivity contribution is 5.95. The number of rotatable bonds is 7. The third-order valence-electron chi connectivity index (χ3n) is 4.96. The highest BCUT2D eigenvalue weighted by Crippen LogP contribution is 2.39. The number of hydrogen-bond acceptors (Lipinski definition) is 1. The van der Waals surface area contributed by atoms with Crippen molar-refractivity contribution in [1.82, 2.24) is 0 Å². The fourth-order valence-corrected chi connectivity index (χ4v) is 3.64. The molecule has 1 amide bonds. The molecule has 3 aromatic carbocycles. The summed E-state index contributed by atoms with van der Waals surface area (Å²) >= 11 is 0. The van der Waals surface area contributed by atoms with Crippen molar-refractivity contribution in [2.75, 3.05) is 0 Å². The molecule has 26 heavy (non-hydrogen) atoms. The molecule has 0 aliphatic rings. The maximum atomic E-state index is 13.0. The first kappa shape index (κ1) is 17.9. The van der Waals surface area contributed by atoms with Crippen molar-refractivity contribution in [3.63, 3.8) is 0 Å². The van der Waals surface area contributed by atoms with Gasteiger partial charge in [-0.15, -0.1) is 0 Å². The second-order valence-corrected chi connectivity index (χ2v) is 6.65. The predicted octanol–water partition coefficient (Wildman–Crippen LogP) is 4.85. The molecule has 0 aliphatic heterocycles. The van der Waals surface area contributed by atoms with Gasteiger partial charge in [0.25, 0.3) is 0 Å². The van der Waals surface area contributed by atoms with Crippen molar-refractivity contribution in [3.05, 3.63) is 107 Å². The predicted molar refractivity (Wildman–Crippen MR) is 107 cm³/mol. The Hall–Kier alpha value is -2.87. The van der Waals surface area contributed by atoms with Crippen LogP contribution in [0.3, 0.4) is 0 Å². The molecule has 3 aromatic rings. The Bertz CT molecular complexity index is 816. The smallest absolute Gasteiger partial charge is 0.237 e. The number of nitrogens with two attached hydrogens (primary N) is 1. The van der Waals surface area contributed by atoms with Crippen molar-refractivity contribution in [2.45, 2.75) is 31.6 Å². The molecular weight excluding hydrogens is 318 g/mol. The van der Waals surface area contributed by atoms with E-state index in [0.717, 1.165) is 36.0 Å². The minimum atomic E-state index is -0.995. The van der Waals surface area contributed by atoms with Gasteiger partial charge in [0, 0.05) is 0 Å². The zero-order valence-corrected chi connectivity index (χ0v) is 15.2. The molecule has 0 aromatic heterocycles. The van der Waals surface area contributed by atoms with Gasteiger partial charge in [0.1, 0.15) is 5.41 Å². The van der Waals surface area contributed by atoms with Gasteiger partial charge in [0.2, 0.25) is 5.91 Å². The standard InChI is InChI=1S/C24H25NO/c1-2-3-11-19-12-10-17-22(18-19)24(23(25)26,20-13-6-4-7-14-20)21-15-8-5-9-16-21/h4-10,12-18H,2-3,11H2,1H3,(H2,25,26). The minimum absolute atomic E-state index is 0.359. The zero-order valence-electron chi connectivity index (χ0n) is 15.2. The molecule has 0 saturated heterocycles. The zero-order chi connectivity index (χ0) is 18.4. The Morgan fingerprint density at radius 2 is 1.35 bits per heavy atom. The molecule has 132 valence electrons. The van der Waals surface area contributed by atoms with Crippen LogP contribution >= 0.6 is 0 Å². The normalized spacial score (nSPS) is 11.3. The lowest BCUT2D eigenvalue weighted by atomic mass is 9.68. The van der Waals surface area contributed by atoms with Gasteiger partial charge >= 0.3 is 0 Å². The lowest BCUT2D eigenvalue weighted by molar-refractivity contribution is -0.120. The summed E-state index contributed by atoms with van der Waals surface area (Å²) in [7, 11) is 0. The number of benzene rings is 3. The lowest BCUT2D eigenvalue weighted by Gasteiger charge is -2.33. The van der Waals surface area contributed by atoms with Crippen LogP contribution in [0.25, 0.3) is 0 Å². The van der Waals surface area contributed by atoms with Gasteiger partial charge in [0.05, 0.1) is 0 Å². The van der Waals surface area contributed by atoms with Gasteiger partial charge in [-0.25, -0.2) is 0 Å². The second kappa shape index (κ2) is 8.01.